The largest absolute Gasteiger partial charge is 0.298 e. The predicted octanol–water partition coefficient (Wildman–Crippen LogP) is 4.11. The Bertz CT molecular complexity index is 453. The summed E-state index contributed by atoms with van der Waals surface area (Å²) in [6, 6.07) is 9.62. The molecule has 0 unspecified atom stereocenters. The third kappa shape index (κ3) is 4.00. The number of nitriles is 1. The summed E-state index contributed by atoms with van der Waals surface area (Å²) < 4.78 is 0. The van der Waals surface area contributed by atoms with E-state index in [1.54, 1.807) is 6.07 Å². The van der Waals surface area contributed by atoms with Gasteiger partial charge >= 0.3 is 0 Å². The fourth-order valence-corrected chi connectivity index (χ4v) is 1.60. The Morgan fingerprint density at radius 2 is 1.72 bits per heavy atom. The van der Waals surface area contributed by atoms with Crippen LogP contribution in [0.4, 0.5) is 0 Å². The van der Waals surface area contributed by atoms with Crippen molar-refractivity contribution < 1.29 is 4.79 Å². The maximum absolute atomic E-state index is 10.7. The maximum Gasteiger partial charge on any atom is 0.150 e. The molecule has 96 valence electrons. The van der Waals surface area contributed by atoms with Crippen molar-refractivity contribution in [2.45, 2.75) is 46.0 Å². The summed E-state index contributed by atoms with van der Waals surface area (Å²) >= 11 is 0. The SMILES string of the molecule is CC(C)(C)C.N#CC1(c2ccccc2C=O)CC1. The smallest absolute Gasteiger partial charge is 0.150 e. The van der Waals surface area contributed by atoms with Crippen LogP contribution in [0.1, 0.15) is 56.5 Å². The zero-order chi connectivity index (χ0) is 13.8. The van der Waals surface area contributed by atoms with Crippen molar-refractivity contribution in [3.63, 3.8) is 0 Å². The second-order valence-electron chi connectivity index (χ2n) is 6.40. The van der Waals surface area contributed by atoms with E-state index in [2.05, 4.69) is 33.8 Å². The lowest BCUT2D eigenvalue weighted by molar-refractivity contribution is 0.112. The number of hydrogen-bond donors (Lipinski definition) is 0. The molecular formula is C16H21NO. The molecule has 0 saturated heterocycles. The number of nitrogens with zero attached hydrogens (tertiary/aromatic N) is 1. The number of benzene rings is 1. The van der Waals surface area contributed by atoms with E-state index in [9.17, 15) is 4.79 Å². The molecule has 0 N–H and O–H groups in total. The zero-order valence-corrected chi connectivity index (χ0v) is 11.7. The minimum atomic E-state index is -0.350. The van der Waals surface area contributed by atoms with Crippen LogP contribution in [-0.2, 0) is 5.41 Å². The summed E-state index contributed by atoms with van der Waals surface area (Å²) in [5.74, 6) is 0. The molecule has 1 aliphatic carbocycles. The first kappa shape index (κ1) is 14.4. The number of aldehydes is 1. The van der Waals surface area contributed by atoms with Crippen molar-refractivity contribution in [3.05, 3.63) is 35.4 Å². The summed E-state index contributed by atoms with van der Waals surface area (Å²) in [5.41, 5.74) is 1.70. The van der Waals surface area contributed by atoms with Crippen molar-refractivity contribution in [2.24, 2.45) is 5.41 Å². The highest BCUT2D eigenvalue weighted by Crippen LogP contribution is 2.48. The molecule has 0 amide bonds. The summed E-state index contributed by atoms with van der Waals surface area (Å²) in [4.78, 5) is 10.7. The average molecular weight is 243 g/mol. The normalized spacial score (nSPS) is 15.9. The molecular weight excluding hydrogens is 222 g/mol. The molecule has 2 heteroatoms. The topological polar surface area (TPSA) is 40.9 Å². The Labute approximate surface area is 110 Å². The van der Waals surface area contributed by atoms with Crippen molar-refractivity contribution in [3.8, 4) is 6.07 Å². The van der Waals surface area contributed by atoms with Crippen molar-refractivity contribution >= 4 is 6.29 Å². The quantitative estimate of drug-likeness (QED) is 0.733. The van der Waals surface area contributed by atoms with Crippen molar-refractivity contribution in [1.82, 2.24) is 0 Å². The van der Waals surface area contributed by atoms with E-state index in [0.717, 1.165) is 24.7 Å². The molecule has 1 aliphatic rings. The molecule has 0 atom stereocenters. The summed E-state index contributed by atoms with van der Waals surface area (Å²) in [5, 5.41) is 8.96. The summed E-state index contributed by atoms with van der Waals surface area (Å²) in [6.07, 6.45) is 2.59. The van der Waals surface area contributed by atoms with Crippen LogP contribution in [0, 0.1) is 16.7 Å². The predicted molar refractivity (Wildman–Crippen MR) is 73.5 cm³/mol. The van der Waals surface area contributed by atoms with Gasteiger partial charge < -0.3 is 0 Å². The summed E-state index contributed by atoms with van der Waals surface area (Å²) in [7, 11) is 0. The molecule has 2 nitrogen and oxygen atoms in total. The van der Waals surface area contributed by atoms with E-state index in [-0.39, 0.29) is 5.41 Å². The van der Waals surface area contributed by atoms with E-state index in [0.29, 0.717) is 11.0 Å². The van der Waals surface area contributed by atoms with Crippen LogP contribution in [0.25, 0.3) is 0 Å². The Balaban J connectivity index is 0.000000280. The Kier molecular flexibility index (Phi) is 4.29. The molecule has 0 spiro atoms. The molecule has 0 heterocycles. The molecule has 2 rings (SSSR count). The van der Waals surface area contributed by atoms with Crippen LogP contribution in [0.15, 0.2) is 24.3 Å². The lowest BCUT2D eigenvalue weighted by Gasteiger charge is -2.07. The van der Waals surface area contributed by atoms with Crippen molar-refractivity contribution in [2.75, 3.05) is 0 Å². The standard InChI is InChI=1S/C11H9NO.C5H12/c12-8-11(5-6-11)10-4-2-1-3-9(10)7-13;1-5(2,3)4/h1-4,7H,5-6H2;1-4H3. The van der Waals surface area contributed by atoms with Crippen LogP contribution >= 0.6 is 0 Å². The van der Waals surface area contributed by atoms with E-state index < -0.39 is 0 Å². The average Bonchev–Trinajstić information content (AvgIpc) is 3.07. The second kappa shape index (κ2) is 5.35. The molecule has 0 aliphatic heterocycles. The van der Waals surface area contributed by atoms with Crippen LogP contribution in [0.2, 0.25) is 0 Å². The van der Waals surface area contributed by atoms with E-state index in [4.69, 9.17) is 5.26 Å². The monoisotopic (exact) mass is 243 g/mol. The number of carbonyl (C=O) groups excluding carboxylic acids is 1. The molecule has 0 bridgehead atoms. The number of rotatable bonds is 2. The lowest BCUT2D eigenvalue weighted by Crippen LogP contribution is -2.06. The van der Waals surface area contributed by atoms with Gasteiger partial charge in [-0.2, -0.15) is 5.26 Å². The van der Waals surface area contributed by atoms with Gasteiger partial charge in [0.1, 0.15) is 6.29 Å². The summed E-state index contributed by atoms with van der Waals surface area (Å²) in [6.45, 7) is 8.75. The van der Waals surface area contributed by atoms with Crippen LogP contribution < -0.4 is 0 Å². The van der Waals surface area contributed by atoms with Crippen LogP contribution in [-0.4, -0.2) is 6.29 Å². The Morgan fingerprint density at radius 3 is 2.11 bits per heavy atom. The first-order chi connectivity index (χ1) is 8.32. The minimum Gasteiger partial charge on any atom is -0.298 e. The maximum atomic E-state index is 10.7. The number of carbonyl (C=O) groups is 1. The minimum absolute atomic E-state index is 0.350. The van der Waals surface area contributed by atoms with E-state index in [1.807, 2.05) is 18.2 Å². The van der Waals surface area contributed by atoms with Gasteiger partial charge in [0, 0.05) is 5.56 Å². The molecule has 1 fully saturated rings. The van der Waals surface area contributed by atoms with Gasteiger partial charge in [0.25, 0.3) is 0 Å². The molecule has 1 aromatic carbocycles. The Morgan fingerprint density at radius 1 is 1.22 bits per heavy atom. The molecule has 0 aromatic heterocycles. The van der Waals surface area contributed by atoms with E-state index >= 15 is 0 Å². The van der Waals surface area contributed by atoms with Gasteiger partial charge in [0.15, 0.2) is 0 Å². The number of hydrogen-bond acceptors (Lipinski definition) is 2. The lowest BCUT2D eigenvalue weighted by atomic mass is 9.93. The van der Waals surface area contributed by atoms with Gasteiger partial charge in [0.2, 0.25) is 0 Å². The highest BCUT2D eigenvalue weighted by Gasteiger charge is 2.45. The van der Waals surface area contributed by atoms with Crippen LogP contribution in [0.3, 0.4) is 0 Å². The van der Waals surface area contributed by atoms with Crippen LogP contribution in [0.5, 0.6) is 0 Å². The molecule has 1 aromatic rings. The third-order valence-electron chi connectivity index (χ3n) is 2.57. The van der Waals surface area contributed by atoms with Gasteiger partial charge in [-0.15, -0.1) is 0 Å². The van der Waals surface area contributed by atoms with Crippen molar-refractivity contribution in [1.29, 1.82) is 5.26 Å². The highest BCUT2D eigenvalue weighted by molar-refractivity contribution is 5.79. The van der Waals surface area contributed by atoms with Gasteiger partial charge in [-0.1, -0.05) is 52.0 Å². The zero-order valence-electron chi connectivity index (χ0n) is 11.7. The van der Waals surface area contributed by atoms with Gasteiger partial charge in [0.05, 0.1) is 11.5 Å². The first-order valence-corrected chi connectivity index (χ1v) is 6.28. The fourth-order valence-electron chi connectivity index (χ4n) is 1.60. The third-order valence-corrected chi connectivity index (χ3v) is 2.57. The molecule has 0 radical (unpaired) electrons. The van der Waals surface area contributed by atoms with Gasteiger partial charge in [-0.25, -0.2) is 0 Å². The highest BCUT2D eigenvalue weighted by atomic mass is 16.1. The molecule has 18 heavy (non-hydrogen) atoms. The molecule has 1 saturated carbocycles. The van der Waals surface area contributed by atoms with Gasteiger partial charge in [-0.3, -0.25) is 4.79 Å². The van der Waals surface area contributed by atoms with Gasteiger partial charge in [-0.05, 0) is 23.8 Å². The first-order valence-electron chi connectivity index (χ1n) is 6.28. The fraction of sp³-hybridized carbons (Fsp3) is 0.500. The second-order valence-corrected chi connectivity index (χ2v) is 6.40. The van der Waals surface area contributed by atoms with E-state index in [1.165, 1.54) is 0 Å². The Hall–Kier alpha value is -1.62.